The summed E-state index contributed by atoms with van der Waals surface area (Å²) >= 11 is 0. The van der Waals surface area contributed by atoms with Gasteiger partial charge in [0.05, 0.1) is 45.0 Å². The van der Waals surface area contributed by atoms with Crippen LogP contribution in [0.3, 0.4) is 0 Å². The summed E-state index contributed by atoms with van der Waals surface area (Å²) < 4.78 is 1.22. The highest BCUT2D eigenvalue weighted by atomic mass is 16.4. The highest BCUT2D eigenvalue weighted by Crippen LogP contribution is 2.02. The second-order valence-electron chi connectivity index (χ2n) is 11.3. The lowest BCUT2D eigenvalue weighted by molar-refractivity contribution is -0.142. The average Bonchev–Trinajstić information content (AvgIpc) is 3.57. The quantitative estimate of drug-likeness (QED) is 0.0277. The molecule has 26 heteroatoms. The van der Waals surface area contributed by atoms with Crippen molar-refractivity contribution in [2.45, 2.75) is 50.7 Å². The molecule has 13 N–H and O–H groups in total. The van der Waals surface area contributed by atoms with Crippen LogP contribution in [0.2, 0.25) is 0 Å². The molecule has 1 unspecified atom stereocenters. The van der Waals surface area contributed by atoms with Crippen LogP contribution in [-0.4, -0.2) is 155 Å². The molecule has 0 fully saturated rings. The van der Waals surface area contributed by atoms with Crippen LogP contribution in [0.25, 0.3) is 0 Å². The van der Waals surface area contributed by atoms with Crippen molar-refractivity contribution in [3.05, 3.63) is 11.9 Å². The van der Waals surface area contributed by atoms with E-state index in [1.54, 1.807) is 0 Å². The summed E-state index contributed by atoms with van der Waals surface area (Å²) in [5.74, 6) is -7.82. The second kappa shape index (κ2) is 26.1. The SMILES string of the molecule is N[C@H](Cc1cn(CC(=O)NCCCCC(NC(=O)CCNC(=O)CNC(=O)CNC(=O)CNC(=O)CNC(=O)CNC(=O)CNC=O)C(=O)O)nn1)C(=O)O. The van der Waals surface area contributed by atoms with Gasteiger partial charge >= 0.3 is 11.9 Å². The third kappa shape index (κ3) is 22.7. The van der Waals surface area contributed by atoms with Crippen molar-refractivity contribution in [3.63, 3.8) is 0 Å². The molecule has 55 heavy (non-hydrogen) atoms. The molecule has 0 aliphatic carbocycles. The number of aromatic nitrogens is 3. The molecule has 0 aliphatic rings. The molecule has 0 spiro atoms. The van der Waals surface area contributed by atoms with E-state index in [0.717, 1.165) is 0 Å². The molecule has 0 radical (unpaired) electrons. The van der Waals surface area contributed by atoms with Gasteiger partial charge in [0.2, 0.25) is 53.7 Å². The molecule has 0 saturated heterocycles. The Kier molecular flexibility index (Phi) is 22.0. The summed E-state index contributed by atoms with van der Waals surface area (Å²) in [5, 5.41) is 46.3. The first-order chi connectivity index (χ1) is 26.1. The molecular weight excluding hydrogens is 738 g/mol. The van der Waals surface area contributed by atoms with Gasteiger partial charge in [-0.25, -0.2) is 9.48 Å². The lowest BCUT2D eigenvalue weighted by Crippen LogP contribution is -2.47. The zero-order chi connectivity index (χ0) is 41.2. The van der Waals surface area contributed by atoms with Crippen molar-refractivity contribution in [2.75, 3.05) is 52.4 Å². The monoisotopic (exact) mass is 783 g/mol. The Morgan fingerprint density at radius 1 is 0.655 bits per heavy atom. The van der Waals surface area contributed by atoms with Crippen LogP contribution in [0.4, 0.5) is 0 Å². The molecule has 1 rings (SSSR count). The highest BCUT2D eigenvalue weighted by molar-refractivity contribution is 5.92. The van der Waals surface area contributed by atoms with E-state index in [0.29, 0.717) is 24.9 Å². The third-order valence-corrected chi connectivity index (χ3v) is 6.76. The average molecular weight is 784 g/mol. The van der Waals surface area contributed by atoms with Crippen molar-refractivity contribution in [1.29, 1.82) is 0 Å². The third-order valence-electron chi connectivity index (χ3n) is 6.76. The maximum absolute atomic E-state index is 12.2. The molecule has 0 aliphatic heterocycles. The van der Waals surface area contributed by atoms with Gasteiger partial charge in [-0.3, -0.25) is 47.9 Å². The number of aliphatic carboxylic acids is 2. The first-order valence-corrected chi connectivity index (χ1v) is 16.5. The van der Waals surface area contributed by atoms with Gasteiger partial charge in [-0.1, -0.05) is 5.21 Å². The molecule has 1 heterocycles. The first-order valence-electron chi connectivity index (χ1n) is 16.5. The van der Waals surface area contributed by atoms with Gasteiger partial charge in [0.1, 0.15) is 18.6 Å². The normalized spacial score (nSPS) is 11.4. The topological polar surface area (TPSA) is 393 Å². The molecule has 26 nitrogen and oxygen atoms in total. The van der Waals surface area contributed by atoms with Gasteiger partial charge in [0.25, 0.3) is 0 Å². The number of rotatable bonds is 28. The molecule has 1 aromatic rings. The Balaban J connectivity index is 2.17. The van der Waals surface area contributed by atoms with Crippen LogP contribution in [0.15, 0.2) is 6.20 Å². The fourth-order valence-electron chi connectivity index (χ4n) is 3.97. The number of hydrogen-bond donors (Lipinski definition) is 12. The van der Waals surface area contributed by atoms with Crippen LogP contribution >= 0.6 is 0 Å². The first kappa shape index (κ1) is 46.3. The smallest absolute Gasteiger partial charge is 0.326 e. The number of unbranched alkanes of at least 4 members (excludes halogenated alkanes) is 1. The largest absolute Gasteiger partial charge is 0.480 e. The zero-order valence-corrected chi connectivity index (χ0v) is 29.5. The van der Waals surface area contributed by atoms with Gasteiger partial charge in [-0.05, 0) is 19.3 Å². The summed E-state index contributed by atoms with van der Waals surface area (Å²) in [5.41, 5.74) is 5.75. The fraction of sp³-hybridized carbons (Fsp3) is 0.552. The maximum Gasteiger partial charge on any atom is 0.326 e. The Bertz CT molecular complexity index is 1540. The number of carbonyl (C=O) groups excluding carboxylic acids is 9. The molecule has 0 bridgehead atoms. The van der Waals surface area contributed by atoms with Crippen molar-refractivity contribution in [1.82, 2.24) is 62.8 Å². The van der Waals surface area contributed by atoms with E-state index in [1.165, 1.54) is 10.9 Å². The minimum Gasteiger partial charge on any atom is -0.480 e. The van der Waals surface area contributed by atoms with E-state index < -0.39 is 104 Å². The molecule has 0 aromatic carbocycles. The number of nitrogens with zero attached hydrogens (tertiary/aromatic N) is 3. The number of carbonyl (C=O) groups is 11. The fourth-order valence-corrected chi connectivity index (χ4v) is 3.97. The number of nitrogens with two attached hydrogens (primary N) is 1. The summed E-state index contributed by atoms with van der Waals surface area (Å²) in [4.78, 5) is 127. The highest BCUT2D eigenvalue weighted by Gasteiger charge is 2.20. The van der Waals surface area contributed by atoms with Crippen molar-refractivity contribution < 1.29 is 63.0 Å². The van der Waals surface area contributed by atoms with Gasteiger partial charge in [0, 0.05) is 32.1 Å². The van der Waals surface area contributed by atoms with Gasteiger partial charge in [-0.15, -0.1) is 5.10 Å². The van der Waals surface area contributed by atoms with E-state index in [1.807, 2.05) is 0 Å². The van der Waals surface area contributed by atoms with Crippen LogP contribution in [0.5, 0.6) is 0 Å². The van der Waals surface area contributed by atoms with Crippen LogP contribution in [0.1, 0.15) is 31.4 Å². The van der Waals surface area contributed by atoms with Crippen LogP contribution < -0.4 is 53.6 Å². The second-order valence-corrected chi connectivity index (χ2v) is 11.3. The molecule has 304 valence electrons. The van der Waals surface area contributed by atoms with E-state index in [4.69, 9.17) is 10.8 Å². The maximum atomic E-state index is 12.2. The van der Waals surface area contributed by atoms with E-state index in [-0.39, 0.29) is 45.4 Å². The summed E-state index contributed by atoms with van der Waals surface area (Å²) in [6, 6.07) is -2.38. The van der Waals surface area contributed by atoms with Crippen LogP contribution in [0, 0.1) is 0 Å². The summed E-state index contributed by atoms with van der Waals surface area (Å²) in [6.45, 7) is -3.04. The van der Waals surface area contributed by atoms with Crippen molar-refractivity contribution in [3.8, 4) is 0 Å². The summed E-state index contributed by atoms with van der Waals surface area (Å²) in [7, 11) is 0. The zero-order valence-electron chi connectivity index (χ0n) is 29.5. The van der Waals surface area contributed by atoms with Crippen molar-refractivity contribution in [2.24, 2.45) is 5.73 Å². The Morgan fingerprint density at radius 2 is 1.15 bits per heavy atom. The lowest BCUT2D eigenvalue weighted by Gasteiger charge is -2.15. The molecule has 2 atom stereocenters. The molecule has 0 saturated carbocycles. The molecule has 1 aromatic heterocycles. The predicted octanol–water partition coefficient (Wildman–Crippen LogP) is -8.08. The standard InChI is InChI=1S/C29H45N13O13/c30-18(28(52)53)7-17-14-42(41-40-17)15-27(51)32-5-2-1-3-19(29(54)55)39-20(44)4-6-33-22(46)9-35-24(48)11-37-26(50)13-38-25(49)12-36-23(47)10-34-21(45)8-31-16-43/h14,16,18-19H,1-13,15,30H2,(H,31,43)(H,32,51)(H,33,46)(H,34,45)(H,35,48)(H,36,47)(H,37,50)(H,38,49)(H,39,44)(H,52,53)(H,54,55)/t18-,19?/m1/s1. The van der Waals surface area contributed by atoms with Gasteiger partial charge in [-0.2, -0.15) is 0 Å². The van der Waals surface area contributed by atoms with E-state index >= 15 is 0 Å². The van der Waals surface area contributed by atoms with Gasteiger partial charge < -0.3 is 63.8 Å². The number of carboxylic acid groups (broad SMARTS) is 2. The molecular formula is C29H45N13O13. The minimum absolute atomic E-state index is 0.0543. The number of hydrogen-bond acceptors (Lipinski definition) is 14. The van der Waals surface area contributed by atoms with E-state index in [2.05, 4.69) is 58.2 Å². The number of nitrogens with one attached hydrogen (secondary N) is 9. The van der Waals surface area contributed by atoms with Gasteiger partial charge in [0.15, 0.2) is 0 Å². The van der Waals surface area contributed by atoms with Crippen LogP contribution in [-0.2, 0) is 65.7 Å². The Labute approximate surface area is 312 Å². The lowest BCUT2D eigenvalue weighted by atomic mass is 10.1. The Morgan fingerprint density at radius 3 is 1.64 bits per heavy atom. The van der Waals surface area contributed by atoms with E-state index in [9.17, 15) is 57.8 Å². The number of carboxylic acids is 2. The van der Waals surface area contributed by atoms with Crippen molar-refractivity contribution >= 4 is 65.6 Å². The minimum atomic E-state index is -1.28. The Hall–Kier alpha value is -6.73. The summed E-state index contributed by atoms with van der Waals surface area (Å²) in [6.07, 6.45) is 2.15. The molecule has 9 amide bonds. The predicted molar refractivity (Wildman–Crippen MR) is 183 cm³/mol. The number of amides is 9.